The van der Waals surface area contributed by atoms with Gasteiger partial charge in [0.05, 0.1) is 21.7 Å². The Morgan fingerprint density at radius 2 is 1.84 bits per heavy atom. The fourth-order valence-electron chi connectivity index (χ4n) is 2.75. The third kappa shape index (κ3) is 5.04. The molecule has 0 unspecified atom stereocenters. The Labute approximate surface area is 188 Å². The van der Waals surface area contributed by atoms with Gasteiger partial charge in [-0.1, -0.05) is 22.9 Å². The average molecular weight is 482 g/mol. The normalized spacial score (nSPS) is 12.5. The third-order valence-corrected chi connectivity index (χ3v) is 7.42. The molecule has 1 heterocycles. The van der Waals surface area contributed by atoms with Crippen LogP contribution in [0.25, 0.3) is 10.2 Å². The molecule has 8 nitrogen and oxygen atoms in total. The van der Waals surface area contributed by atoms with Crippen LogP contribution < -0.4 is 4.80 Å². The van der Waals surface area contributed by atoms with Crippen molar-refractivity contribution < 1.29 is 22.7 Å². The number of benzene rings is 2. The number of carbonyl (C=O) groups is 2. The highest BCUT2D eigenvalue weighted by Gasteiger charge is 2.18. The summed E-state index contributed by atoms with van der Waals surface area (Å²) in [7, 11) is -0.739. The maximum Gasteiger partial charge on any atom is 0.326 e. The minimum atomic E-state index is -3.60. The second kappa shape index (κ2) is 9.31. The zero-order chi connectivity index (χ0) is 22.8. The number of aromatic nitrogens is 1. The first kappa shape index (κ1) is 23.1. The molecule has 0 aliphatic rings. The van der Waals surface area contributed by atoms with Crippen LogP contribution in [0.5, 0.6) is 0 Å². The van der Waals surface area contributed by atoms with Crippen molar-refractivity contribution in [2.45, 2.75) is 18.4 Å². The second-order valence-corrected chi connectivity index (χ2v) is 10.2. The summed E-state index contributed by atoms with van der Waals surface area (Å²) in [5.41, 5.74) is 0.914. The first-order valence-corrected chi connectivity index (χ1v) is 11.8. The maximum absolute atomic E-state index is 12.7. The van der Waals surface area contributed by atoms with E-state index in [4.69, 9.17) is 16.3 Å². The summed E-state index contributed by atoms with van der Waals surface area (Å²) in [6.45, 7) is 1.84. The van der Waals surface area contributed by atoms with Gasteiger partial charge in [-0.05, 0) is 49.4 Å². The molecule has 0 spiro atoms. The van der Waals surface area contributed by atoms with Crippen LogP contribution in [-0.2, 0) is 26.1 Å². The summed E-state index contributed by atoms with van der Waals surface area (Å²) in [6.07, 6.45) is 0. The molecule has 31 heavy (non-hydrogen) atoms. The average Bonchev–Trinajstić information content (AvgIpc) is 3.04. The van der Waals surface area contributed by atoms with Crippen LogP contribution in [0, 0.1) is 0 Å². The number of sulfonamides is 1. The largest absolute Gasteiger partial charge is 0.465 e. The number of amides is 1. The minimum absolute atomic E-state index is 0.0722. The molecular weight excluding hydrogens is 462 g/mol. The lowest BCUT2D eigenvalue weighted by Gasteiger charge is -2.11. The van der Waals surface area contributed by atoms with Gasteiger partial charge in [0.1, 0.15) is 6.54 Å². The Morgan fingerprint density at radius 3 is 2.45 bits per heavy atom. The summed E-state index contributed by atoms with van der Waals surface area (Å²) in [6, 6.07) is 10.7. The van der Waals surface area contributed by atoms with Gasteiger partial charge < -0.3 is 9.30 Å². The van der Waals surface area contributed by atoms with Gasteiger partial charge in [0, 0.05) is 24.7 Å². The standard InChI is InChI=1S/C20H20ClN3O5S2/c1-4-29-18(25)12-24-16-10-7-14(21)11-17(16)30-20(24)22-19(26)13-5-8-15(9-6-13)31(27,28)23(2)3/h5-11H,4,12H2,1-3H3. The number of fused-ring (bicyclic) bond motifs is 1. The Hall–Kier alpha value is -2.53. The van der Waals surface area contributed by atoms with Gasteiger partial charge in [0.2, 0.25) is 10.0 Å². The second-order valence-electron chi connectivity index (χ2n) is 6.62. The van der Waals surface area contributed by atoms with E-state index in [1.165, 1.54) is 49.7 Å². The van der Waals surface area contributed by atoms with E-state index >= 15 is 0 Å². The highest BCUT2D eigenvalue weighted by Crippen LogP contribution is 2.22. The molecule has 2 aromatic carbocycles. The number of carbonyl (C=O) groups excluding carboxylic acids is 2. The summed E-state index contributed by atoms with van der Waals surface area (Å²) in [5.74, 6) is -1.02. The molecule has 1 aromatic heterocycles. The van der Waals surface area contributed by atoms with E-state index in [9.17, 15) is 18.0 Å². The fraction of sp³-hybridized carbons (Fsp3) is 0.250. The van der Waals surface area contributed by atoms with Crippen molar-refractivity contribution in [3.63, 3.8) is 0 Å². The van der Waals surface area contributed by atoms with Crippen LogP contribution in [0.15, 0.2) is 52.4 Å². The lowest BCUT2D eigenvalue weighted by molar-refractivity contribution is -0.143. The molecule has 0 atom stereocenters. The van der Waals surface area contributed by atoms with Crippen LogP contribution in [0.3, 0.4) is 0 Å². The number of halogens is 1. The third-order valence-electron chi connectivity index (χ3n) is 4.31. The minimum Gasteiger partial charge on any atom is -0.465 e. The first-order valence-electron chi connectivity index (χ1n) is 9.19. The van der Waals surface area contributed by atoms with Gasteiger partial charge in [-0.15, -0.1) is 0 Å². The molecule has 3 aromatic rings. The van der Waals surface area contributed by atoms with Gasteiger partial charge in [-0.3, -0.25) is 9.59 Å². The molecule has 0 radical (unpaired) electrons. The highest BCUT2D eigenvalue weighted by atomic mass is 35.5. The number of hydrogen-bond donors (Lipinski definition) is 0. The Morgan fingerprint density at radius 1 is 1.16 bits per heavy atom. The van der Waals surface area contributed by atoms with Gasteiger partial charge in [0.15, 0.2) is 4.80 Å². The molecule has 164 valence electrons. The number of thiazole rings is 1. The molecule has 1 amide bonds. The van der Waals surface area contributed by atoms with Crippen molar-refractivity contribution in [3.8, 4) is 0 Å². The molecule has 11 heteroatoms. The molecule has 0 saturated carbocycles. The molecule has 3 rings (SSSR count). The summed E-state index contributed by atoms with van der Waals surface area (Å²) in [5, 5.41) is 0.521. The fourth-order valence-corrected chi connectivity index (χ4v) is 4.96. The van der Waals surface area contributed by atoms with Crippen molar-refractivity contribution in [1.82, 2.24) is 8.87 Å². The number of nitrogens with zero attached hydrogens (tertiary/aromatic N) is 3. The van der Waals surface area contributed by atoms with Crippen LogP contribution in [0.4, 0.5) is 0 Å². The first-order chi connectivity index (χ1) is 14.6. The number of hydrogen-bond acceptors (Lipinski definition) is 6. The summed E-state index contributed by atoms with van der Waals surface area (Å²) < 4.78 is 32.9. The molecular formula is C20H20ClN3O5S2. The monoisotopic (exact) mass is 481 g/mol. The maximum atomic E-state index is 12.7. The van der Waals surface area contributed by atoms with Gasteiger partial charge in [0.25, 0.3) is 5.91 Å². The van der Waals surface area contributed by atoms with E-state index in [1.807, 2.05) is 0 Å². The Bertz CT molecular complexity index is 1310. The summed E-state index contributed by atoms with van der Waals surface area (Å²) in [4.78, 5) is 29.4. The van der Waals surface area contributed by atoms with Gasteiger partial charge >= 0.3 is 5.97 Å². The van der Waals surface area contributed by atoms with Crippen molar-refractivity contribution in [3.05, 3.63) is 57.9 Å². The number of rotatable bonds is 6. The predicted octanol–water partition coefficient (Wildman–Crippen LogP) is 2.91. The van der Waals surface area contributed by atoms with Crippen molar-refractivity contribution in [2.75, 3.05) is 20.7 Å². The molecule has 0 bridgehead atoms. The topological polar surface area (TPSA) is 98.0 Å². The highest BCUT2D eigenvalue weighted by molar-refractivity contribution is 7.89. The van der Waals surface area contributed by atoms with Crippen molar-refractivity contribution in [1.29, 1.82) is 0 Å². The van der Waals surface area contributed by atoms with Crippen molar-refractivity contribution >= 4 is 55.1 Å². The number of esters is 1. The zero-order valence-electron chi connectivity index (χ0n) is 17.0. The van der Waals surface area contributed by atoms with E-state index in [2.05, 4.69) is 4.99 Å². The zero-order valence-corrected chi connectivity index (χ0v) is 19.4. The molecule has 0 fully saturated rings. The smallest absolute Gasteiger partial charge is 0.326 e. The molecule has 0 N–H and O–H groups in total. The van der Waals surface area contributed by atoms with Crippen molar-refractivity contribution in [2.24, 2.45) is 4.99 Å². The molecule has 0 aliphatic carbocycles. The van der Waals surface area contributed by atoms with E-state index in [-0.39, 0.29) is 23.6 Å². The quantitative estimate of drug-likeness (QED) is 0.504. The van der Waals surface area contributed by atoms with E-state index in [0.29, 0.717) is 15.3 Å². The van der Waals surface area contributed by atoms with E-state index in [0.717, 1.165) is 9.01 Å². The van der Waals surface area contributed by atoms with E-state index < -0.39 is 21.9 Å². The lowest BCUT2D eigenvalue weighted by atomic mass is 10.2. The lowest BCUT2D eigenvalue weighted by Crippen LogP contribution is -2.23. The van der Waals surface area contributed by atoms with Gasteiger partial charge in [-0.25, -0.2) is 12.7 Å². The Balaban J connectivity index is 2.03. The van der Waals surface area contributed by atoms with Gasteiger partial charge in [-0.2, -0.15) is 4.99 Å². The van der Waals surface area contributed by atoms with Crippen LogP contribution in [0.1, 0.15) is 17.3 Å². The Kier molecular flexibility index (Phi) is 6.95. The molecule has 0 aliphatic heterocycles. The molecule has 0 saturated heterocycles. The summed E-state index contributed by atoms with van der Waals surface area (Å²) >= 11 is 7.28. The van der Waals surface area contributed by atoms with Crippen LogP contribution in [-0.4, -0.2) is 49.9 Å². The van der Waals surface area contributed by atoms with Crippen LogP contribution >= 0.6 is 22.9 Å². The number of ether oxygens (including phenoxy) is 1. The van der Waals surface area contributed by atoms with E-state index in [1.54, 1.807) is 29.7 Å². The predicted molar refractivity (Wildman–Crippen MR) is 119 cm³/mol. The SMILES string of the molecule is CCOC(=O)Cn1c(=NC(=O)c2ccc(S(=O)(=O)N(C)C)cc2)sc2cc(Cl)ccc21. The van der Waals surface area contributed by atoms with Crippen LogP contribution in [0.2, 0.25) is 5.02 Å².